The summed E-state index contributed by atoms with van der Waals surface area (Å²) in [6.45, 7) is 3.68. The van der Waals surface area contributed by atoms with Crippen LogP contribution in [-0.2, 0) is 4.74 Å². The number of hydrogen-bond donors (Lipinski definition) is 3. The van der Waals surface area contributed by atoms with Gasteiger partial charge in [-0.05, 0) is 42.5 Å². The van der Waals surface area contributed by atoms with Crippen LogP contribution in [-0.4, -0.2) is 65.5 Å². The number of halogens is 2. The number of anilines is 4. The maximum Gasteiger partial charge on any atom is 0.323 e. The SMILES string of the molecule is COCCNC(=O)c1cc(NC(=O)Nc2cccc(Cl)c2Cl)ccc1N1CCN(c2ccccc2OC)CC1. The lowest BCUT2D eigenvalue weighted by molar-refractivity contribution is 0.0937. The summed E-state index contributed by atoms with van der Waals surface area (Å²) in [5.74, 6) is 0.577. The number of hydrogen-bond acceptors (Lipinski definition) is 6. The molecule has 206 valence electrons. The van der Waals surface area contributed by atoms with Crippen molar-refractivity contribution in [1.82, 2.24) is 5.32 Å². The molecule has 0 aliphatic carbocycles. The zero-order chi connectivity index (χ0) is 27.8. The van der Waals surface area contributed by atoms with Gasteiger partial charge < -0.3 is 35.2 Å². The molecule has 1 fully saturated rings. The Morgan fingerprint density at radius 2 is 1.59 bits per heavy atom. The van der Waals surface area contributed by atoms with Crippen LogP contribution >= 0.6 is 23.2 Å². The van der Waals surface area contributed by atoms with Gasteiger partial charge in [0.05, 0.1) is 40.7 Å². The van der Waals surface area contributed by atoms with Gasteiger partial charge in [-0.3, -0.25) is 4.79 Å². The average Bonchev–Trinajstić information content (AvgIpc) is 2.95. The first-order chi connectivity index (χ1) is 18.9. The predicted octanol–water partition coefficient (Wildman–Crippen LogP) is 5.35. The van der Waals surface area contributed by atoms with Crippen molar-refractivity contribution in [2.45, 2.75) is 0 Å². The van der Waals surface area contributed by atoms with Crippen LogP contribution in [0.3, 0.4) is 0 Å². The molecule has 1 aliphatic heterocycles. The Labute approximate surface area is 238 Å². The third kappa shape index (κ3) is 7.06. The zero-order valence-corrected chi connectivity index (χ0v) is 23.3. The highest BCUT2D eigenvalue weighted by Gasteiger charge is 2.24. The molecule has 0 aromatic heterocycles. The van der Waals surface area contributed by atoms with Gasteiger partial charge in [0.15, 0.2) is 0 Å². The second-order valence-electron chi connectivity index (χ2n) is 8.81. The van der Waals surface area contributed by atoms with Gasteiger partial charge in [-0.25, -0.2) is 4.79 Å². The number of nitrogens with one attached hydrogen (secondary N) is 3. The van der Waals surface area contributed by atoms with E-state index in [-0.39, 0.29) is 10.9 Å². The van der Waals surface area contributed by atoms with Gasteiger partial charge in [-0.1, -0.05) is 41.4 Å². The van der Waals surface area contributed by atoms with Crippen molar-refractivity contribution in [3.63, 3.8) is 0 Å². The Bertz CT molecular complexity index is 1310. The summed E-state index contributed by atoms with van der Waals surface area (Å²) in [5.41, 5.74) is 3.12. The van der Waals surface area contributed by atoms with Gasteiger partial charge >= 0.3 is 6.03 Å². The van der Waals surface area contributed by atoms with Gasteiger partial charge in [-0.2, -0.15) is 0 Å². The van der Waals surface area contributed by atoms with E-state index >= 15 is 0 Å². The fourth-order valence-corrected chi connectivity index (χ4v) is 4.75. The lowest BCUT2D eigenvalue weighted by Gasteiger charge is -2.38. The average molecular weight is 572 g/mol. The van der Waals surface area contributed by atoms with Crippen molar-refractivity contribution in [2.75, 3.05) is 74.0 Å². The van der Waals surface area contributed by atoms with Crippen molar-refractivity contribution in [2.24, 2.45) is 0 Å². The Balaban J connectivity index is 1.51. The van der Waals surface area contributed by atoms with Crippen LogP contribution in [0.25, 0.3) is 0 Å². The summed E-state index contributed by atoms with van der Waals surface area (Å²) in [6, 6.07) is 17.7. The number of piperazine rings is 1. The van der Waals surface area contributed by atoms with Crippen molar-refractivity contribution in [3.8, 4) is 5.75 Å². The first-order valence-electron chi connectivity index (χ1n) is 12.5. The van der Waals surface area contributed by atoms with E-state index < -0.39 is 6.03 Å². The van der Waals surface area contributed by atoms with Crippen molar-refractivity contribution in [3.05, 3.63) is 76.3 Å². The summed E-state index contributed by atoms with van der Waals surface area (Å²) in [7, 11) is 3.25. The van der Waals surface area contributed by atoms with Crippen LogP contribution in [0.15, 0.2) is 60.7 Å². The van der Waals surface area contributed by atoms with Gasteiger partial charge in [0.25, 0.3) is 5.91 Å². The van der Waals surface area contributed by atoms with E-state index in [0.29, 0.717) is 48.2 Å². The minimum atomic E-state index is -0.511. The molecule has 3 amide bonds. The normalized spacial score (nSPS) is 13.1. The number of rotatable bonds is 9. The highest BCUT2D eigenvalue weighted by atomic mass is 35.5. The Morgan fingerprint density at radius 1 is 0.872 bits per heavy atom. The molecule has 0 spiro atoms. The molecule has 1 aliphatic rings. The Hall–Kier alpha value is -3.66. The lowest BCUT2D eigenvalue weighted by atomic mass is 10.1. The molecule has 3 aromatic carbocycles. The monoisotopic (exact) mass is 571 g/mol. The number of urea groups is 1. The smallest absolute Gasteiger partial charge is 0.323 e. The number of amides is 3. The topological polar surface area (TPSA) is 95.2 Å². The Morgan fingerprint density at radius 3 is 2.31 bits per heavy atom. The molecule has 0 bridgehead atoms. The van der Waals surface area contributed by atoms with Gasteiger partial charge in [0, 0.05) is 51.2 Å². The molecule has 39 heavy (non-hydrogen) atoms. The zero-order valence-electron chi connectivity index (χ0n) is 21.8. The quantitative estimate of drug-likeness (QED) is 0.300. The number of ether oxygens (including phenoxy) is 2. The summed E-state index contributed by atoms with van der Waals surface area (Å²) in [5, 5.41) is 8.93. The molecular weight excluding hydrogens is 541 g/mol. The highest BCUT2D eigenvalue weighted by molar-refractivity contribution is 6.44. The molecular formula is C28H31Cl2N5O4. The van der Waals surface area contributed by atoms with Crippen LogP contribution in [0, 0.1) is 0 Å². The van der Waals surface area contributed by atoms with E-state index in [9.17, 15) is 9.59 Å². The van der Waals surface area contributed by atoms with Crippen molar-refractivity contribution < 1.29 is 19.1 Å². The maximum absolute atomic E-state index is 13.2. The molecule has 1 heterocycles. The molecule has 9 nitrogen and oxygen atoms in total. The fraction of sp³-hybridized carbons (Fsp3) is 0.286. The lowest BCUT2D eigenvalue weighted by Crippen LogP contribution is -2.47. The maximum atomic E-state index is 13.2. The first kappa shape index (κ1) is 28.4. The molecule has 3 N–H and O–H groups in total. The summed E-state index contributed by atoms with van der Waals surface area (Å²) in [4.78, 5) is 30.3. The van der Waals surface area contributed by atoms with Crippen LogP contribution in [0.5, 0.6) is 5.75 Å². The second-order valence-corrected chi connectivity index (χ2v) is 9.59. The third-order valence-corrected chi connectivity index (χ3v) is 7.16. The number of carbonyl (C=O) groups is 2. The van der Waals surface area contributed by atoms with E-state index in [2.05, 4.69) is 25.8 Å². The van der Waals surface area contributed by atoms with Crippen LogP contribution in [0.4, 0.5) is 27.5 Å². The Kier molecular flexibility index (Phi) is 9.75. The van der Waals surface area contributed by atoms with Gasteiger partial charge in [-0.15, -0.1) is 0 Å². The summed E-state index contributed by atoms with van der Waals surface area (Å²) >= 11 is 12.2. The summed E-state index contributed by atoms with van der Waals surface area (Å²) in [6.07, 6.45) is 0. The van der Waals surface area contributed by atoms with Crippen LogP contribution < -0.4 is 30.5 Å². The molecule has 0 unspecified atom stereocenters. The van der Waals surface area contributed by atoms with Crippen LogP contribution in [0.2, 0.25) is 10.0 Å². The summed E-state index contributed by atoms with van der Waals surface area (Å²) < 4.78 is 10.6. The minimum Gasteiger partial charge on any atom is -0.495 e. The predicted molar refractivity (Wildman–Crippen MR) is 157 cm³/mol. The molecule has 3 aromatic rings. The molecule has 0 atom stereocenters. The largest absolute Gasteiger partial charge is 0.495 e. The fourth-order valence-electron chi connectivity index (χ4n) is 4.40. The van der Waals surface area contributed by atoms with Gasteiger partial charge in [0.1, 0.15) is 5.75 Å². The number of nitrogens with zero attached hydrogens (tertiary/aromatic N) is 2. The van der Waals surface area contributed by atoms with E-state index in [4.69, 9.17) is 32.7 Å². The van der Waals surface area contributed by atoms with Crippen LogP contribution in [0.1, 0.15) is 10.4 Å². The molecule has 0 radical (unpaired) electrons. The molecule has 1 saturated heterocycles. The van der Waals surface area contributed by atoms with Gasteiger partial charge in [0.2, 0.25) is 0 Å². The van der Waals surface area contributed by atoms with E-state index in [1.807, 2.05) is 30.3 Å². The third-order valence-electron chi connectivity index (χ3n) is 6.34. The number of methoxy groups -OCH3 is 2. The standard InChI is InChI=1S/C28H31Cl2N5O4/c1-38-17-12-31-27(36)20-18-19(32-28(37)33-22-7-5-6-21(29)26(22)30)10-11-23(20)34-13-15-35(16-14-34)24-8-3-4-9-25(24)39-2/h3-11,18H,12-17H2,1-2H3,(H,31,36)(H2,32,33,37). The second kappa shape index (κ2) is 13.4. The molecule has 0 saturated carbocycles. The van der Waals surface area contributed by atoms with E-state index in [1.165, 1.54) is 0 Å². The number of carbonyl (C=O) groups excluding carboxylic acids is 2. The first-order valence-corrected chi connectivity index (χ1v) is 13.2. The van der Waals surface area contributed by atoms with E-state index in [0.717, 1.165) is 30.2 Å². The molecule has 11 heteroatoms. The van der Waals surface area contributed by atoms with Crippen molar-refractivity contribution >= 4 is 57.9 Å². The number of para-hydroxylation sites is 2. The molecule has 4 rings (SSSR count). The van der Waals surface area contributed by atoms with E-state index in [1.54, 1.807) is 44.6 Å². The highest BCUT2D eigenvalue weighted by Crippen LogP contribution is 2.32. The number of benzene rings is 3. The minimum absolute atomic E-state index is 0.245. The van der Waals surface area contributed by atoms with Crippen molar-refractivity contribution in [1.29, 1.82) is 0 Å².